The van der Waals surface area contributed by atoms with Crippen LogP contribution >= 0.6 is 0 Å². The van der Waals surface area contributed by atoms with E-state index in [0.717, 1.165) is 18.8 Å². The number of nitrogens with zero attached hydrogens (tertiary/aromatic N) is 5. The van der Waals surface area contributed by atoms with Gasteiger partial charge in [-0.05, 0) is 18.6 Å². The summed E-state index contributed by atoms with van der Waals surface area (Å²) in [6.45, 7) is 2.98. The molecule has 3 rings (SSSR count). The highest BCUT2D eigenvalue weighted by Crippen LogP contribution is 2.18. The van der Waals surface area contributed by atoms with Gasteiger partial charge in [0.05, 0.1) is 6.04 Å². The van der Waals surface area contributed by atoms with E-state index in [-0.39, 0.29) is 6.04 Å². The second kappa shape index (κ2) is 5.69. The third-order valence-corrected chi connectivity index (χ3v) is 3.47. The summed E-state index contributed by atoms with van der Waals surface area (Å²) in [4.78, 5) is 0. The van der Waals surface area contributed by atoms with Crippen molar-refractivity contribution in [3.05, 3.63) is 66.5 Å². The quantitative estimate of drug-likeness (QED) is 0.713. The first-order chi connectivity index (χ1) is 9.84. The minimum Gasteiger partial charge on any atom is -0.310 e. The zero-order chi connectivity index (χ0) is 13.8. The molecule has 0 amide bonds. The molecule has 0 saturated carbocycles. The lowest BCUT2D eigenvalue weighted by Crippen LogP contribution is -2.12. The summed E-state index contributed by atoms with van der Waals surface area (Å²) in [7, 11) is 0. The summed E-state index contributed by atoms with van der Waals surface area (Å²) in [6.07, 6.45) is 6.37. The van der Waals surface area contributed by atoms with Crippen LogP contribution in [0.4, 0.5) is 0 Å². The van der Waals surface area contributed by atoms with Crippen molar-refractivity contribution in [3.63, 3.8) is 0 Å². The molecule has 0 aliphatic heterocycles. The molecule has 2 aromatic heterocycles. The fourth-order valence-electron chi connectivity index (χ4n) is 2.31. The van der Waals surface area contributed by atoms with Crippen molar-refractivity contribution in [2.75, 3.05) is 0 Å². The van der Waals surface area contributed by atoms with Crippen LogP contribution in [0.5, 0.6) is 0 Å². The van der Waals surface area contributed by atoms with Crippen LogP contribution in [-0.2, 0) is 13.0 Å². The Kier molecular flexibility index (Phi) is 3.58. The molecular formula is C15H17N5. The van der Waals surface area contributed by atoms with Gasteiger partial charge in [-0.25, -0.2) is 0 Å². The summed E-state index contributed by atoms with van der Waals surface area (Å²) in [5, 5.41) is 12.5. The largest absolute Gasteiger partial charge is 0.310 e. The molecule has 102 valence electrons. The molecule has 0 bridgehead atoms. The van der Waals surface area contributed by atoms with Gasteiger partial charge in [0.15, 0.2) is 0 Å². The molecule has 0 saturated heterocycles. The van der Waals surface area contributed by atoms with Gasteiger partial charge in [0.2, 0.25) is 0 Å². The molecule has 1 aromatic carbocycles. The van der Waals surface area contributed by atoms with Gasteiger partial charge in [-0.15, -0.1) is 10.2 Å². The second-order valence-corrected chi connectivity index (χ2v) is 4.76. The Bertz CT molecular complexity index is 642. The van der Waals surface area contributed by atoms with Crippen LogP contribution in [0.2, 0.25) is 0 Å². The van der Waals surface area contributed by atoms with Crippen molar-refractivity contribution in [2.24, 2.45) is 0 Å². The highest BCUT2D eigenvalue weighted by atomic mass is 15.3. The Labute approximate surface area is 117 Å². The predicted octanol–water partition coefficient (Wildman–Crippen LogP) is 2.33. The van der Waals surface area contributed by atoms with Gasteiger partial charge in [0.25, 0.3) is 0 Å². The zero-order valence-electron chi connectivity index (χ0n) is 11.4. The molecular weight excluding hydrogens is 250 g/mol. The minimum atomic E-state index is 0.235. The molecule has 3 aromatic rings. The number of hydrogen-bond donors (Lipinski definition) is 0. The fraction of sp³-hybridized carbons (Fsp3) is 0.267. The van der Waals surface area contributed by atoms with Crippen molar-refractivity contribution >= 4 is 0 Å². The molecule has 1 atom stereocenters. The Balaban J connectivity index is 1.76. The maximum atomic E-state index is 4.23. The molecule has 0 aliphatic rings. The highest BCUT2D eigenvalue weighted by Gasteiger charge is 2.12. The Morgan fingerprint density at radius 2 is 2.00 bits per heavy atom. The van der Waals surface area contributed by atoms with Crippen LogP contribution in [0, 0.1) is 0 Å². The number of aryl methyl sites for hydroxylation is 2. The monoisotopic (exact) mass is 267 g/mol. The van der Waals surface area contributed by atoms with E-state index in [1.165, 1.54) is 5.56 Å². The van der Waals surface area contributed by atoms with E-state index in [4.69, 9.17) is 0 Å². The fourth-order valence-corrected chi connectivity index (χ4v) is 2.31. The minimum absolute atomic E-state index is 0.235. The SMILES string of the molecule is C[C@H](c1ccccc1)n1cnnc1CCn1cccn1. The van der Waals surface area contributed by atoms with E-state index >= 15 is 0 Å². The molecule has 5 heteroatoms. The van der Waals surface area contributed by atoms with Gasteiger partial charge in [0.1, 0.15) is 12.2 Å². The molecule has 0 aliphatic carbocycles. The third-order valence-electron chi connectivity index (χ3n) is 3.47. The van der Waals surface area contributed by atoms with E-state index in [2.05, 4.69) is 51.1 Å². The van der Waals surface area contributed by atoms with E-state index in [1.54, 1.807) is 12.5 Å². The second-order valence-electron chi connectivity index (χ2n) is 4.76. The van der Waals surface area contributed by atoms with Crippen LogP contribution in [0.1, 0.15) is 24.4 Å². The van der Waals surface area contributed by atoms with Crippen LogP contribution < -0.4 is 0 Å². The summed E-state index contributed by atoms with van der Waals surface area (Å²) >= 11 is 0. The normalized spacial score (nSPS) is 12.4. The number of aromatic nitrogens is 5. The molecule has 0 unspecified atom stereocenters. The summed E-state index contributed by atoms with van der Waals surface area (Å²) in [6, 6.07) is 12.6. The third kappa shape index (κ3) is 2.61. The highest BCUT2D eigenvalue weighted by molar-refractivity contribution is 5.19. The van der Waals surface area contributed by atoms with Gasteiger partial charge in [-0.2, -0.15) is 5.10 Å². The van der Waals surface area contributed by atoms with Gasteiger partial charge in [-0.3, -0.25) is 4.68 Å². The van der Waals surface area contributed by atoms with Gasteiger partial charge >= 0.3 is 0 Å². The van der Waals surface area contributed by atoms with Crippen molar-refractivity contribution in [1.29, 1.82) is 0 Å². The Morgan fingerprint density at radius 3 is 2.75 bits per heavy atom. The predicted molar refractivity (Wildman–Crippen MR) is 76.2 cm³/mol. The van der Waals surface area contributed by atoms with Crippen LogP contribution in [0.3, 0.4) is 0 Å². The smallest absolute Gasteiger partial charge is 0.135 e. The van der Waals surface area contributed by atoms with Crippen LogP contribution in [0.25, 0.3) is 0 Å². The molecule has 0 spiro atoms. The topological polar surface area (TPSA) is 48.5 Å². The van der Waals surface area contributed by atoms with Gasteiger partial charge < -0.3 is 4.57 Å². The Morgan fingerprint density at radius 1 is 1.15 bits per heavy atom. The van der Waals surface area contributed by atoms with E-state index < -0.39 is 0 Å². The van der Waals surface area contributed by atoms with Crippen molar-refractivity contribution in [2.45, 2.75) is 25.9 Å². The number of rotatable bonds is 5. The zero-order valence-corrected chi connectivity index (χ0v) is 11.4. The molecule has 20 heavy (non-hydrogen) atoms. The van der Waals surface area contributed by atoms with Gasteiger partial charge in [0, 0.05) is 25.4 Å². The first kappa shape index (κ1) is 12.6. The molecule has 0 fully saturated rings. The van der Waals surface area contributed by atoms with Crippen LogP contribution in [-0.4, -0.2) is 24.5 Å². The lowest BCUT2D eigenvalue weighted by Gasteiger charge is -2.15. The first-order valence-corrected chi connectivity index (χ1v) is 6.75. The first-order valence-electron chi connectivity index (χ1n) is 6.75. The van der Waals surface area contributed by atoms with Crippen molar-refractivity contribution in [1.82, 2.24) is 24.5 Å². The van der Waals surface area contributed by atoms with E-state index in [1.807, 2.05) is 23.0 Å². The average molecular weight is 267 g/mol. The molecule has 2 heterocycles. The van der Waals surface area contributed by atoms with E-state index in [0.29, 0.717) is 0 Å². The molecule has 5 nitrogen and oxygen atoms in total. The van der Waals surface area contributed by atoms with Gasteiger partial charge in [-0.1, -0.05) is 30.3 Å². The summed E-state index contributed by atoms with van der Waals surface area (Å²) in [5.41, 5.74) is 1.26. The maximum Gasteiger partial charge on any atom is 0.135 e. The van der Waals surface area contributed by atoms with Crippen LogP contribution in [0.15, 0.2) is 55.1 Å². The maximum absolute atomic E-state index is 4.23. The van der Waals surface area contributed by atoms with Crippen molar-refractivity contribution < 1.29 is 0 Å². The van der Waals surface area contributed by atoms with Crippen molar-refractivity contribution in [3.8, 4) is 0 Å². The lowest BCUT2D eigenvalue weighted by molar-refractivity contribution is 0.550. The molecule has 0 radical (unpaired) electrons. The summed E-state index contributed by atoms with van der Waals surface area (Å²) < 4.78 is 4.03. The number of hydrogen-bond acceptors (Lipinski definition) is 3. The number of benzene rings is 1. The van der Waals surface area contributed by atoms with E-state index in [9.17, 15) is 0 Å². The average Bonchev–Trinajstić information content (AvgIpc) is 3.16. The standard InChI is InChI=1S/C15H17N5/c1-13(14-6-3-2-4-7-14)20-12-16-18-15(20)8-11-19-10-5-9-17-19/h2-7,9-10,12-13H,8,11H2,1H3/t13-/m1/s1. The lowest BCUT2D eigenvalue weighted by atomic mass is 10.1. The molecule has 0 N–H and O–H groups in total. The summed E-state index contributed by atoms with van der Waals surface area (Å²) in [5.74, 6) is 0.983. The Hall–Kier alpha value is -2.43.